The van der Waals surface area contributed by atoms with Crippen molar-refractivity contribution in [3.63, 3.8) is 0 Å². The van der Waals surface area contributed by atoms with Crippen LogP contribution in [0.1, 0.15) is 31.2 Å². The Kier molecular flexibility index (Phi) is 5.60. The predicted molar refractivity (Wildman–Crippen MR) is 123 cm³/mol. The molecule has 0 saturated carbocycles. The summed E-state index contributed by atoms with van der Waals surface area (Å²) >= 11 is 0. The van der Waals surface area contributed by atoms with E-state index in [-0.39, 0.29) is 18.1 Å². The molecule has 1 aromatic heterocycles. The molecule has 2 fully saturated rings. The zero-order valence-electron chi connectivity index (χ0n) is 18.0. The number of likely N-dealkylation sites (tertiary alicyclic amines) is 1. The summed E-state index contributed by atoms with van der Waals surface area (Å²) in [5, 5.41) is 4.47. The van der Waals surface area contributed by atoms with E-state index in [9.17, 15) is 4.79 Å². The highest BCUT2D eigenvalue weighted by molar-refractivity contribution is 5.88. The number of nitrogens with one attached hydrogen (secondary N) is 1. The lowest BCUT2D eigenvalue weighted by Gasteiger charge is -2.33. The van der Waals surface area contributed by atoms with Crippen molar-refractivity contribution in [2.24, 2.45) is 0 Å². The maximum absolute atomic E-state index is 12.6. The number of benzene rings is 2. The van der Waals surface area contributed by atoms with Crippen molar-refractivity contribution in [2.45, 2.75) is 44.8 Å². The second-order valence-electron chi connectivity index (χ2n) is 8.63. The number of nitrogens with zero attached hydrogens (tertiary/aromatic N) is 2. The normalized spacial score (nSPS) is 19.6. The lowest BCUT2D eigenvalue weighted by atomic mass is 9.98. The van der Waals surface area contributed by atoms with Gasteiger partial charge in [-0.25, -0.2) is 0 Å². The minimum absolute atomic E-state index is 0.0266. The Morgan fingerprint density at radius 3 is 2.61 bits per heavy atom. The van der Waals surface area contributed by atoms with Gasteiger partial charge in [0, 0.05) is 37.5 Å². The van der Waals surface area contributed by atoms with Gasteiger partial charge in [0.05, 0.1) is 11.6 Å². The van der Waals surface area contributed by atoms with Crippen LogP contribution in [0.25, 0.3) is 22.0 Å². The summed E-state index contributed by atoms with van der Waals surface area (Å²) in [6, 6.07) is 16.7. The van der Waals surface area contributed by atoms with Crippen molar-refractivity contribution < 1.29 is 9.53 Å². The van der Waals surface area contributed by atoms with E-state index in [1.54, 1.807) is 0 Å². The van der Waals surface area contributed by atoms with E-state index < -0.39 is 0 Å². The smallest absolute Gasteiger partial charge is 0.239 e. The molecule has 0 aliphatic carbocycles. The van der Waals surface area contributed by atoms with E-state index >= 15 is 0 Å². The van der Waals surface area contributed by atoms with Gasteiger partial charge < -0.3 is 15.0 Å². The predicted octanol–water partition coefficient (Wildman–Crippen LogP) is 4.33. The largest absolute Gasteiger partial charge is 0.490 e. The van der Waals surface area contributed by atoms with E-state index in [0.717, 1.165) is 62.0 Å². The third-order valence-electron chi connectivity index (χ3n) is 6.61. The minimum atomic E-state index is 0.0266. The molecule has 160 valence electrons. The molecule has 2 aromatic carbocycles. The minimum Gasteiger partial charge on any atom is -0.490 e. The number of aryl methyl sites for hydroxylation is 1. The number of carbonyl (C=O) groups excluding carboxylic acids is 1. The van der Waals surface area contributed by atoms with Gasteiger partial charge in [0.1, 0.15) is 11.9 Å². The molecule has 2 aliphatic heterocycles. The second-order valence-corrected chi connectivity index (χ2v) is 8.63. The summed E-state index contributed by atoms with van der Waals surface area (Å²) in [6.45, 7) is 4.65. The number of amides is 1. The van der Waals surface area contributed by atoms with Crippen LogP contribution in [0.15, 0.2) is 54.7 Å². The maximum Gasteiger partial charge on any atom is 0.239 e. The summed E-state index contributed by atoms with van der Waals surface area (Å²) in [7, 11) is 0. The Morgan fingerprint density at radius 1 is 1.06 bits per heavy atom. The summed E-state index contributed by atoms with van der Waals surface area (Å²) < 4.78 is 6.23. The molecule has 5 nitrogen and oxygen atoms in total. The summed E-state index contributed by atoms with van der Waals surface area (Å²) in [5.41, 5.74) is 4.61. The average molecular weight is 416 g/mol. The van der Waals surface area contributed by atoms with Crippen LogP contribution in [0.5, 0.6) is 5.75 Å². The molecule has 5 rings (SSSR count). The molecule has 1 amide bonds. The van der Waals surface area contributed by atoms with Crippen LogP contribution in [0.2, 0.25) is 0 Å². The van der Waals surface area contributed by atoms with Gasteiger partial charge in [0.2, 0.25) is 5.91 Å². The van der Waals surface area contributed by atoms with Crippen molar-refractivity contribution in [2.75, 3.05) is 19.6 Å². The molecule has 1 atom stereocenters. The summed E-state index contributed by atoms with van der Waals surface area (Å²) in [5.74, 6) is 1.16. The zero-order chi connectivity index (χ0) is 21.2. The fourth-order valence-corrected chi connectivity index (χ4v) is 4.82. The van der Waals surface area contributed by atoms with Crippen molar-refractivity contribution in [1.82, 2.24) is 15.2 Å². The molecule has 31 heavy (non-hydrogen) atoms. The Morgan fingerprint density at radius 2 is 1.87 bits per heavy atom. The molecule has 5 heteroatoms. The van der Waals surface area contributed by atoms with Gasteiger partial charge in [0.25, 0.3) is 0 Å². The molecular formula is C26H29N3O2. The number of ether oxygens (including phenoxy) is 1. The first kappa shape index (κ1) is 20.0. The number of carbonyl (C=O) groups is 1. The second kappa shape index (κ2) is 8.67. The Balaban J connectivity index is 1.21. The Bertz CT molecular complexity index is 1070. The van der Waals surface area contributed by atoms with Crippen LogP contribution in [0, 0.1) is 6.92 Å². The zero-order valence-corrected chi connectivity index (χ0v) is 18.0. The van der Waals surface area contributed by atoms with Crippen LogP contribution >= 0.6 is 0 Å². The number of hydrogen-bond acceptors (Lipinski definition) is 4. The first-order chi connectivity index (χ1) is 15.2. The highest BCUT2D eigenvalue weighted by atomic mass is 16.5. The monoisotopic (exact) mass is 415 g/mol. The van der Waals surface area contributed by atoms with Crippen molar-refractivity contribution >= 4 is 16.8 Å². The molecule has 3 heterocycles. The van der Waals surface area contributed by atoms with Crippen molar-refractivity contribution in [1.29, 1.82) is 0 Å². The quantitative estimate of drug-likeness (QED) is 0.689. The molecule has 0 spiro atoms. The van der Waals surface area contributed by atoms with Crippen molar-refractivity contribution in [3.8, 4) is 16.9 Å². The van der Waals surface area contributed by atoms with Gasteiger partial charge in [0.15, 0.2) is 0 Å². The highest BCUT2D eigenvalue weighted by Crippen LogP contribution is 2.30. The molecule has 2 aliphatic rings. The van der Waals surface area contributed by atoms with Crippen LogP contribution < -0.4 is 10.1 Å². The van der Waals surface area contributed by atoms with E-state index in [1.165, 1.54) is 16.7 Å². The van der Waals surface area contributed by atoms with Gasteiger partial charge in [-0.2, -0.15) is 0 Å². The van der Waals surface area contributed by atoms with Gasteiger partial charge in [-0.1, -0.05) is 30.3 Å². The number of fused-ring (bicyclic) bond motifs is 1. The van der Waals surface area contributed by atoms with E-state index in [0.29, 0.717) is 0 Å². The van der Waals surface area contributed by atoms with Crippen LogP contribution in [0.4, 0.5) is 0 Å². The Labute approximate surface area is 183 Å². The molecule has 3 aromatic rings. The lowest BCUT2D eigenvalue weighted by molar-refractivity contribution is -0.134. The molecular weight excluding hydrogens is 386 g/mol. The van der Waals surface area contributed by atoms with Gasteiger partial charge >= 0.3 is 0 Å². The highest BCUT2D eigenvalue weighted by Gasteiger charge is 2.30. The standard InChI is InChI=1S/C26H29N3O2/c1-18-23(11-8-20-4-2-15-28-25(18)20)19-6-9-21(10-7-19)31-22-12-16-29(17-13-22)26(30)24-5-3-14-27-24/h2,4,6-11,15,22,24,27H,3,5,12-14,16-17H2,1H3/t24-/m1/s1. The third-order valence-corrected chi connectivity index (χ3v) is 6.61. The number of pyridine rings is 1. The van der Waals surface area contributed by atoms with Crippen molar-refractivity contribution in [3.05, 3.63) is 60.3 Å². The third kappa shape index (κ3) is 4.15. The molecule has 0 bridgehead atoms. The van der Waals surface area contributed by atoms with Gasteiger partial charge in [-0.15, -0.1) is 0 Å². The Hall–Kier alpha value is -2.92. The number of piperidine rings is 1. The van der Waals surface area contributed by atoms with E-state index in [4.69, 9.17) is 4.74 Å². The number of hydrogen-bond donors (Lipinski definition) is 1. The SMILES string of the molecule is Cc1c(-c2ccc(OC3CCN(C(=O)[C@H]4CCCN4)CC3)cc2)ccc2cccnc12. The van der Waals surface area contributed by atoms with Crippen LogP contribution in [0.3, 0.4) is 0 Å². The summed E-state index contributed by atoms with van der Waals surface area (Å²) in [4.78, 5) is 19.1. The molecule has 1 N–H and O–H groups in total. The first-order valence-electron chi connectivity index (χ1n) is 11.3. The number of rotatable bonds is 4. The fourth-order valence-electron chi connectivity index (χ4n) is 4.82. The molecule has 0 unspecified atom stereocenters. The van der Waals surface area contributed by atoms with Crippen LogP contribution in [-0.2, 0) is 4.79 Å². The lowest BCUT2D eigenvalue weighted by Crippen LogP contribution is -2.48. The summed E-state index contributed by atoms with van der Waals surface area (Å²) in [6.07, 6.45) is 5.85. The molecule has 2 saturated heterocycles. The van der Waals surface area contributed by atoms with Gasteiger partial charge in [-0.05, 0) is 61.2 Å². The number of aromatic nitrogens is 1. The molecule has 0 radical (unpaired) electrons. The average Bonchev–Trinajstić information content (AvgIpc) is 3.35. The fraction of sp³-hybridized carbons (Fsp3) is 0.385. The van der Waals surface area contributed by atoms with Crippen LogP contribution in [-0.4, -0.2) is 47.6 Å². The maximum atomic E-state index is 12.6. The topological polar surface area (TPSA) is 54.5 Å². The van der Waals surface area contributed by atoms with E-state index in [1.807, 2.05) is 17.2 Å². The first-order valence-corrected chi connectivity index (χ1v) is 11.3. The van der Waals surface area contributed by atoms with Gasteiger partial charge in [-0.3, -0.25) is 9.78 Å². The van der Waals surface area contributed by atoms with E-state index in [2.05, 4.69) is 59.7 Å².